The highest BCUT2D eigenvalue weighted by Crippen LogP contribution is 2.31. The Labute approximate surface area is 185 Å². The molecular weight excluding hydrogens is 421 g/mol. The van der Waals surface area contributed by atoms with E-state index in [1.54, 1.807) is 6.20 Å². The Morgan fingerprint density at radius 3 is 2.37 bits per heavy atom. The van der Waals surface area contributed by atoms with Gasteiger partial charge in [0.05, 0.1) is 6.21 Å². The number of hydrogen-bond donors (Lipinski definition) is 1. The molecule has 7 heteroatoms. The summed E-state index contributed by atoms with van der Waals surface area (Å²) < 4.78 is 1.88. The minimum atomic E-state index is -0.567. The van der Waals surface area contributed by atoms with Crippen LogP contribution in [0, 0.1) is 0 Å². The number of benzene rings is 2. The van der Waals surface area contributed by atoms with Gasteiger partial charge in [0.15, 0.2) is 5.76 Å². The Kier molecular flexibility index (Phi) is 7.44. The Morgan fingerprint density at radius 2 is 1.80 bits per heavy atom. The molecule has 1 aromatic heterocycles. The lowest BCUT2D eigenvalue weighted by molar-refractivity contribution is -0.111. The van der Waals surface area contributed by atoms with Gasteiger partial charge in [0.25, 0.3) is 0 Å². The Balaban J connectivity index is 1.86. The van der Waals surface area contributed by atoms with Crippen LogP contribution in [0.5, 0.6) is 0 Å². The van der Waals surface area contributed by atoms with E-state index in [1.807, 2.05) is 59.3 Å². The number of aromatic nitrogens is 2. The zero-order valence-electron chi connectivity index (χ0n) is 16.4. The number of allylic oxidation sites excluding steroid dienone is 1. The quantitative estimate of drug-likeness (QED) is 0.281. The molecule has 1 N–H and O–H groups in total. The zero-order chi connectivity index (χ0) is 21.5. The predicted octanol–water partition coefficient (Wildman–Crippen LogP) is 5.58. The summed E-state index contributed by atoms with van der Waals surface area (Å²) in [7, 11) is 1.47. The normalized spacial score (nSPS) is 12.1. The van der Waals surface area contributed by atoms with Gasteiger partial charge in [0.1, 0.15) is 5.82 Å². The number of carbonyl (C=O) groups is 1. The smallest absolute Gasteiger partial charge is 0.237 e. The lowest BCUT2D eigenvalue weighted by atomic mass is 9.88. The Hall–Kier alpha value is -2.89. The van der Waals surface area contributed by atoms with Crippen LogP contribution in [0.3, 0.4) is 0 Å². The van der Waals surface area contributed by atoms with E-state index in [0.29, 0.717) is 22.4 Å². The second kappa shape index (κ2) is 10.2. The third kappa shape index (κ3) is 5.59. The van der Waals surface area contributed by atoms with Crippen LogP contribution in [0.1, 0.15) is 29.3 Å². The fourth-order valence-corrected chi connectivity index (χ4v) is 3.66. The van der Waals surface area contributed by atoms with E-state index in [4.69, 9.17) is 23.2 Å². The molecule has 3 rings (SSSR count). The molecule has 0 amide bonds. The van der Waals surface area contributed by atoms with Crippen LogP contribution in [0.15, 0.2) is 71.7 Å². The number of imidazole rings is 1. The van der Waals surface area contributed by atoms with Gasteiger partial charge >= 0.3 is 0 Å². The van der Waals surface area contributed by atoms with Gasteiger partial charge < -0.3 is 9.67 Å². The Morgan fingerprint density at radius 1 is 1.17 bits per heavy atom. The average Bonchev–Trinajstić information content (AvgIpc) is 3.15. The van der Waals surface area contributed by atoms with Crippen molar-refractivity contribution in [1.82, 2.24) is 9.55 Å². The van der Waals surface area contributed by atoms with E-state index >= 15 is 0 Å². The van der Waals surface area contributed by atoms with Crippen LogP contribution in [0.25, 0.3) is 6.08 Å². The number of aliphatic hydroxyl groups excluding tert-OH is 1. The van der Waals surface area contributed by atoms with Crippen molar-refractivity contribution in [2.24, 2.45) is 4.99 Å². The monoisotopic (exact) mass is 441 g/mol. The highest BCUT2D eigenvalue weighted by molar-refractivity contribution is 6.35. The molecule has 2 aromatic carbocycles. The summed E-state index contributed by atoms with van der Waals surface area (Å²) in [5.41, 5.74) is 2.17. The van der Waals surface area contributed by atoms with Gasteiger partial charge in [-0.2, -0.15) is 0 Å². The van der Waals surface area contributed by atoms with Crippen molar-refractivity contribution >= 4 is 41.3 Å². The van der Waals surface area contributed by atoms with Crippen LogP contribution in [0.2, 0.25) is 10.0 Å². The molecule has 0 aliphatic heterocycles. The molecule has 3 aromatic rings. The minimum absolute atomic E-state index is 0.0593. The Bertz CT molecular complexity index is 1040. The minimum Gasteiger partial charge on any atom is -0.504 e. The maximum Gasteiger partial charge on any atom is 0.237 e. The van der Waals surface area contributed by atoms with Gasteiger partial charge in [-0.1, -0.05) is 47.5 Å². The molecule has 0 saturated heterocycles. The first kappa shape index (κ1) is 21.8. The molecular formula is C23H21Cl2N3O2. The van der Waals surface area contributed by atoms with Crippen molar-refractivity contribution < 1.29 is 9.90 Å². The van der Waals surface area contributed by atoms with E-state index in [1.165, 1.54) is 13.1 Å². The molecule has 0 saturated carbocycles. The SMILES string of the molecule is CN=CC(=O)/C(O)=C/c1nccn1CCC(c1cccc(Cl)c1)c1cccc(Cl)c1. The molecule has 0 aliphatic rings. The maximum absolute atomic E-state index is 11.8. The first-order valence-corrected chi connectivity index (χ1v) is 10.1. The van der Waals surface area contributed by atoms with Crippen molar-refractivity contribution in [3.63, 3.8) is 0 Å². The fourth-order valence-electron chi connectivity index (χ4n) is 3.27. The van der Waals surface area contributed by atoms with E-state index in [0.717, 1.165) is 23.8 Å². The van der Waals surface area contributed by atoms with Crippen LogP contribution in [-0.4, -0.2) is 33.7 Å². The summed E-state index contributed by atoms with van der Waals surface area (Å²) >= 11 is 12.5. The number of rotatable bonds is 8. The van der Waals surface area contributed by atoms with Crippen LogP contribution in [-0.2, 0) is 11.3 Å². The lowest BCUT2D eigenvalue weighted by Gasteiger charge is -2.19. The highest BCUT2D eigenvalue weighted by Gasteiger charge is 2.16. The van der Waals surface area contributed by atoms with Crippen molar-refractivity contribution in [3.05, 3.63) is 93.7 Å². The van der Waals surface area contributed by atoms with Crippen molar-refractivity contribution in [3.8, 4) is 0 Å². The third-order valence-corrected chi connectivity index (χ3v) is 5.14. The van der Waals surface area contributed by atoms with Crippen LogP contribution >= 0.6 is 23.2 Å². The van der Waals surface area contributed by atoms with Crippen molar-refractivity contribution in [2.75, 3.05) is 7.05 Å². The number of hydrogen-bond acceptors (Lipinski definition) is 4. The summed E-state index contributed by atoms with van der Waals surface area (Å²) in [5, 5.41) is 11.3. The summed E-state index contributed by atoms with van der Waals surface area (Å²) in [4.78, 5) is 19.6. The summed E-state index contributed by atoms with van der Waals surface area (Å²) in [6.45, 7) is 0.610. The first-order chi connectivity index (χ1) is 14.5. The number of halogens is 2. The van der Waals surface area contributed by atoms with Crippen LogP contribution in [0.4, 0.5) is 0 Å². The fraction of sp³-hybridized carbons (Fsp3) is 0.174. The number of Topliss-reactive ketones (excluding diaryl/α,β-unsaturated/α-hetero) is 1. The molecule has 0 atom stereocenters. The number of aryl methyl sites for hydroxylation is 1. The van der Waals surface area contributed by atoms with Crippen molar-refractivity contribution in [2.45, 2.75) is 18.9 Å². The van der Waals surface area contributed by atoms with E-state index in [2.05, 4.69) is 9.98 Å². The molecule has 0 spiro atoms. The number of carbonyl (C=O) groups excluding carboxylic acids is 1. The maximum atomic E-state index is 11.8. The molecule has 30 heavy (non-hydrogen) atoms. The molecule has 0 unspecified atom stereocenters. The molecule has 154 valence electrons. The summed E-state index contributed by atoms with van der Waals surface area (Å²) in [6.07, 6.45) is 6.59. The number of aliphatic imine (C=N–C) groups is 1. The lowest BCUT2D eigenvalue weighted by Crippen LogP contribution is -2.09. The average molecular weight is 442 g/mol. The largest absolute Gasteiger partial charge is 0.504 e. The van der Waals surface area contributed by atoms with Crippen LogP contribution < -0.4 is 0 Å². The van der Waals surface area contributed by atoms with Gasteiger partial charge in [-0.25, -0.2) is 4.98 Å². The van der Waals surface area contributed by atoms with Gasteiger partial charge in [0, 0.05) is 48.0 Å². The zero-order valence-corrected chi connectivity index (χ0v) is 17.9. The summed E-state index contributed by atoms with van der Waals surface area (Å²) in [6, 6.07) is 15.5. The number of ketones is 1. The van der Waals surface area contributed by atoms with Crippen molar-refractivity contribution in [1.29, 1.82) is 0 Å². The van der Waals surface area contributed by atoms with Gasteiger partial charge in [-0.3, -0.25) is 9.79 Å². The standard InChI is InChI=1S/C23H21Cl2N3O2/c1-26-15-22(30)21(29)14-23-27-9-11-28(23)10-8-20(16-4-2-6-18(24)12-16)17-5-3-7-19(25)13-17/h2-7,9,11-15,20,29H,8,10H2,1H3/b21-14-,26-15?. The highest BCUT2D eigenvalue weighted by atomic mass is 35.5. The predicted molar refractivity (Wildman–Crippen MR) is 122 cm³/mol. The van der Waals surface area contributed by atoms with E-state index in [-0.39, 0.29) is 5.92 Å². The van der Waals surface area contributed by atoms with Gasteiger partial charge in [0.2, 0.25) is 5.78 Å². The summed E-state index contributed by atoms with van der Waals surface area (Å²) in [5.74, 6) is -0.428. The topological polar surface area (TPSA) is 67.5 Å². The first-order valence-electron chi connectivity index (χ1n) is 9.37. The molecule has 0 bridgehead atoms. The third-order valence-electron chi connectivity index (χ3n) is 4.67. The van der Waals surface area contributed by atoms with E-state index < -0.39 is 11.5 Å². The van der Waals surface area contributed by atoms with Gasteiger partial charge in [-0.15, -0.1) is 0 Å². The number of nitrogens with zero attached hydrogens (tertiary/aromatic N) is 3. The second-order valence-electron chi connectivity index (χ2n) is 6.71. The molecule has 0 radical (unpaired) electrons. The molecule has 0 fully saturated rings. The van der Waals surface area contributed by atoms with E-state index in [9.17, 15) is 9.90 Å². The second-order valence-corrected chi connectivity index (χ2v) is 7.58. The molecule has 0 aliphatic carbocycles. The molecule has 1 heterocycles. The molecule has 5 nitrogen and oxygen atoms in total. The number of aliphatic hydroxyl groups is 1. The van der Waals surface area contributed by atoms with Gasteiger partial charge in [-0.05, 0) is 41.8 Å².